The van der Waals surface area contributed by atoms with Crippen LogP contribution in [-0.4, -0.2) is 38.6 Å². The van der Waals surface area contributed by atoms with E-state index < -0.39 is 11.7 Å². The molecule has 9 heteroatoms. The molecule has 0 radical (unpaired) electrons. The molecule has 1 aliphatic heterocycles. The number of nitrogens with zero attached hydrogens (tertiary/aromatic N) is 2. The van der Waals surface area contributed by atoms with Crippen molar-refractivity contribution in [2.75, 3.05) is 31.6 Å². The molecule has 1 heterocycles. The lowest BCUT2D eigenvalue weighted by atomic mass is 10.1. The first-order valence-electron chi connectivity index (χ1n) is 9.51. The van der Waals surface area contributed by atoms with E-state index in [0.29, 0.717) is 43.3 Å². The Morgan fingerprint density at radius 2 is 1.87 bits per heavy atom. The lowest BCUT2D eigenvalue weighted by molar-refractivity contribution is -0.137. The fourth-order valence-electron chi connectivity index (χ4n) is 3.06. The third-order valence-electron chi connectivity index (χ3n) is 4.62. The van der Waals surface area contributed by atoms with E-state index in [2.05, 4.69) is 15.6 Å². The molecule has 0 fully saturated rings. The number of benzene rings is 2. The molecule has 1 aliphatic rings. The number of fused-ring (bicyclic) bond motifs is 1. The highest BCUT2D eigenvalue weighted by molar-refractivity contribution is 5.97. The first-order chi connectivity index (χ1) is 14.4. The molecular weight excluding hydrogens is 397 g/mol. The average molecular weight is 420 g/mol. The molecule has 3 rings (SSSR count). The summed E-state index contributed by atoms with van der Waals surface area (Å²) in [7, 11) is 1.61. The molecule has 0 aromatic heterocycles. The molecule has 0 saturated carbocycles. The Morgan fingerprint density at radius 1 is 1.13 bits per heavy atom. The number of carbonyl (C=O) groups excluding carboxylic acids is 1. The van der Waals surface area contributed by atoms with Crippen molar-refractivity contribution in [3.8, 4) is 5.75 Å². The van der Waals surface area contributed by atoms with Crippen LogP contribution < -0.4 is 20.3 Å². The van der Waals surface area contributed by atoms with Crippen LogP contribution in [0.2, 0.25) is 0 Å². The largest absolute Gasteiger partial charge is 0.482 e. The zero-order valence-corrected chi connectivity index (χ0v) is 16.5. The van der Waals surface area contributed by atoms with Crippen LogP contribution >= 0.6 is 0 Å². The predicted octanol–water partition coefficient (Wildman–Crippen LogP) is 3.19. The molecule has 0 aliphatic carbocycles. The van der Waals surface area contributed by atoms with Gasteiger partial charge in [-0.15, -0.1) is 0 Å². The number of carbonyl (C=O) groups is 1. The number of ether oxygens (including phenoxy) is 1. The van der Waals surface area contributed by atoms with Crippen molar-refractivity contribution >= 4 is 17.6 Å². The summed E-state index contributed by atoms with van der Waals surface area (Å²) in [5, 5.41) is 6.21. The summed E-state index contributed by atoms with van der Waals surface area (Å²) >= 11 is 0. The van der Waals surface area contributed by atoms with Gasteiger partial charge >= 0.3 is 6.18 Å². The summed E-state index contributed by atoms with van der Waals surface area (Å²) in [5.74, 6) is 1.14. The predicted molar refractivity (Wildman–Crippen MR) is 109 cm³/mol. The van der Waals surface area contributed by atoms with Gasteiger partial charge in [0, 0.05) is 26.7 Å². The van der Waals surface area contributed by atoms with Crippen LogP contribution in [-0.2, 0) is 17.5 Å². The molecule has 0 unspecified atom stereocenters. The van der Waals surface area contributed by atoms with Gasteiger partial charge < -0.3 is 20.3 Å². The monoisotopic (exact) mass is 420 g/mol. The first kappa shape index (κ1) is 21.5. The second kappa shape index (κ2) is 9.51. The summed E-state index contributed by atoms with van der Waals surface area (Å²) in [6.45, 7) is 1.47. The summed E-state index contributed by atoms with van der Waals surface area (Å²) in [6, 6.07) is 12.4. The van der Waals surface area contributed by atoms with Crippen molar-refractivity contribution in [2.24, 2.45) is 4.99 Å². The standard InChI is InChI=1S/C21H23F3N4O2/c1-25-20(27-13-15-7-9-16(10-8-15)21(22,23)24)26-11-4-12-28-17-5-2-3-6-18(17)30-14-19(28)29/h2-3,5-10H,4,11-14H2,1H3,(H2,25,26,27). The van der Waals surface area contributed by atoms with Crippen molar-refractivity contribution in [2.45, 2.75) is 19.1 Å². The zero-order valence-electron chi connectivity index (χ0n) is 16.5. The highest BCUT2D eigenvalue weighted by Crippen LogP contribution is 2.31. The number of anilines is 1. The van der Waals surface area contributed by atoms with Gasteiger partial charge in [-0.3, -0.25) is 9.79 Å². The number of para-hydroxylation sites is 2. The lowest BCUT2D eigenvalue weighted by Crippen LogP contribution is -2.41. The van der Waals surface area contributed by atoms with Gasteiger partial charge in [-0.1, -0.05) is 24.3 Å². The molecular formula is C21H23F3N4O2. The van der Waals surface area contributed by atoms with Crippen LogP contribution in [0.5, 0.6) is 5.75 Å². The van der Waals surface area contributed by atoms with Crippen LogP contribution in [0.15, 0.2) is 53.5 Å². The van der Waals surface area contributed by atoms with E-state index in [1.165, 1.54) is 12.1 Å². The zero-order chi connectivity index (χ0) is 21.6. The fraction of sp³-hybridized carbons (Fsp3) is 0.333. The summed E-state index contributed by atoms with van der Waals surface area (Å²) in [5.41, 5.74) is 0.799. The van der Waals surface area contributed by atoms with Gasteiger partial charge in [0.2, 0.25) is 0 Å². The number of nitrogens with one attached hydrogen (secondary N) is 2. The molecule has 2 N–H and O–H groups in total. The smallest absolute Gasteiger partial charge is 0.416 e. The quantitative estimate of drug-likeness (QED) is 0.428. The Morgan fingerprint density at radius 3 is 2.57 bits per heavy atom. The SMILES string of the molecule is CN=C(NCCCN1C(=O)COc2ccccc21)NCc1ccc(C(F)(F)F)cc1. The fourth-order valence-corrected chi connectivity index (χ4v) is 3.06. The van der Waals surface area contributed by atoms with Crippen molar-refractivity contribution in [3.63, 3.8) is 0 Å². The van der Waals surface area contributed by atoms with Crippen LogP contribution in [0.1, 0.15) is 17.5 Å². The minimum atomic E-state index is -4.34. The number of hydrogen-bond acceptors (Lipinski definition) is 3. The van der Waals surface area contributed by atoms with Crippen LogP contribution in [0.25, 0.3) is 0 Å². The molecule has 2 aromatic carbocycles. The highest BCUT2D eigenvalue weighted by Gasteiger charge is 2.30. The number of aliphatic imine (C=N–C) groups is 1. The van der Waals surface area contributed by atoms with Crippen LogP contribution in [0.3, 0.4) is 0 Å². The molecule has 6 nitrogen and oxygen atoms in total. The van der Waals surface area contributed by atoms with E-state index in [0.717, 1.165) is 17.8 Å². The number of hydrogen-bond donors (Lipinski definition) is 2. The van der Waals surface area contributed by atoms with Crippen LogP contribution in [0.4, 0.5) is 18.9 Å². The number of alkyl halides is 3. The van der Waals surface area contributed by atoms with Crippen LogP contribution in [0, 0.1) is 0 Å². The summed E-state index contributed by atoms with van der Waals surface area (Å²) in [6.07, 6.45) is -3.66. The van der Waals surface area contributed by atoms with E-state index in [4.69, 9.17) is 4.74 Å². The number of guanidine groups is 1. The van der Waals surface area contributed by atoms with E-state index in [1.807, 2.05) is 24.3 Å². The van der Waals surface area contributed by atoms with E-state index in [-0.39, 0.29) is 12.5 Å². The second-order valence-corrected chi connectivity index (χ2v) is 6.70. The van der Waals surface area contributed by atoms with Gasteiger partial charge in [-0.25, -0.2) is 0 Å². The number of amides is 1. The Bertz CT molecular complexity index is 898. The molecule has 2 aromatic rings. The van der Waals surface area contributed by atoms with Crippen molar-refractivity contribution in [1.29, 1.82) is 0 Å². The summed E-state index contributed by atoms with van der Waals surface area (Å²) < 4.78 is 43.3. The Balaban J connectivity index is 1.45. The van der Waals surface area contributed by atoms with E-state index >= 15 is 0 Å². The van der Waals surface area contributed by atoms with E-state index in [1.54, 1.807) is 11.9 Å². The number of halogens is 3. The number of rotatable bonds is 6. The molecule has 0 atom stereocenters. The van der Waals surface area contributed by atoms with Gasteiger partial charge in [-0.05, 0) is 36.2 Å². The average Bonchev–Trinajstić information content (AvgIpc) is 2.74. The van der Waals surface area contributed by atoms with Gasteiger partial charge in [0.25, 0.3) is 5.91 Å². The molecule has 0 saturated heterocycles. The third kappa shape index (κ3) is 5.43. The minimum absolute atomic E-state index is 0.0286. The Labute approximate surface area is 172 Å². The summed E-state index contributed by atoms with van der Waals surface area (Å²) in [4.78, 5) is 18.0. The Hall–Kier alpha value is -3.23. The van der Waals surface area contributed by atoms with Crippen molar-refractivity contribution in [3.05, 3.63) is 59.7 Å². The maximum atomic E-state index is 12.6. The maximum absolute atomic E-state index is 12.6. The molecule has 0 bridgehead atoms. The van der Waals surface area contributed by atoms with Crippen molar-refractivity contribution < 1.29 is 22.7 Å². The Kier molecular flexibility index (Phi) is 6.81. The van der Waals surface area contributed by atoms with Gasteiger partial charge in [0.1, 0.15) is 5.75 Å². The minimum Gasteiger partial charge on any atom is -0.482 e. The topological polar surface area (TPSA) is 66.0 Å². The van der Waals surface area contributed by atoms with Gasteiger partial charge in [0.15, 0.2) is 12.6 Å². The molecule has 30 heavy (non-hydrogen) atoms. The van der Waals surface area contributed by atoms with Crippen molar-refractivity contribution in [1.82, 2.24) is 10.6 Å². The maximum Gasteiger partial charge on any atom is 0.416 e. The first-order valence-corrected chi connectivity index (χ1v) is 9.51. The second-order valence-electron chi connectivity index (χ2n) is 6.70. The molecule has 160 valence electrons. The normalized spacial score (nSPS) is 14.2. The highest BCUT2D eigenvalue weighted by atomic mass is 19.4. The van der Waals surface area contributed by atoms with Gasteiger partial charge in [-0.2, -0.15) is 13.2 Å². The van der Waals surface area contributed by atoms with Gasteiger partial charge in [0.05, 0.1) is 11.3 Å². The lowest BCUT2D eigenvalue weighted by Gasteiger charge is -2.29. The van der Waals surface area contributed by atoms with E-state index in [9.17, 15) is 18.0 Å². The third-order valence-corrected chi connectivity index (χ3v) is 4.62. The molecule has 1 amide bonds. The molecule has 0 spiro atoms.